The molecule has 0 aromatic carbocycles. The van der Waals surface area contributed by atoms with Gasteiger partial charge in [-0.3, -0.25) is 4.79 Å². The molecule has 0 bridgehead atoms. The average Bonchev–Trinajstić information content (AvgIpc) is 2.47. The van der Waals surface area contributed by atoms with E-state index in [1.165, 1.54) is 7.11 Å². The predicted octanol–water partition coefficient (Wildman–Crippen LogP) is 2.67. The fourth-order valence-electron chi connectivity index (χ4n) is 1.65. The summed E-state index contributed by atoms with van der Waals surface area (Å²) in [5.74, 6) is 0.957. The van der Waals surface area contributed by atoms with Gasteiger partial charge in [0.1, 0.15) is 12.4 Å². The Morgan fingerprint density at radius 3 is 2.43 bits per heavy atom. The van der Waals surface area contributed by atoms with Crippen molar-refractivity contribution in [3.63, 3.8) is 0 Å². The average molecular weight is 302 g/mol. The molecule has 0 saturated carbocycles. The zero-order chi connectivity index (χ0) is 16.3. The summed E-state index contributed by atoms with van der Waals surface area (Å²) >= 11 is 0. The molecule has 0 aliphatic heterocycles. The van der Waals surface area contributed by atoms with Gasteiger partial charge in [0, 0.05) is 25.9 Å². The van der Waals surface area contributed by atoms with E-state index >= 15 is 0 Å². The minimum atomic E-state index is -0.531. The number of rotatable bonds is 13. The summed E-state index contributed by atoms with van der Waals surface area (Å²) < 4.78 is 16.2. The Kier molecular flexibility index (Phi) is 11.2. The van der Waals surface area contributed by atoms with Gasteiger partial charge in [0.15, 0.2) is 6.29 Å². The van der Waals surface area contributed by atoms with Gasteiger partial charge in [-0.05, 0) is 12.8 Å². The van der Waals surface area contributed by atoms with Gasteiger partial charge >= 0.3 is 0 Å². The van der Waals surface area contributed by atoms with E-state index in [0.717, 1.165) is 6.42 Å². The fraction of sp³-hybridized carbons (Fsp3) is 0.812. The van der Waals surface area contributed by atoms with Crippen LogP contribution in [-0.2, 0) is 19.0 Å². The molecule has 0 rings (SSSR count). The molecule has 0 aromatic heterocycles. The first-order valence-electron chi connectivity index (χ1n) is 7.56. The second kappa shape index (κ2) is 11.7. The molecule has 0 amide bonds. The quantitative estimate of drug-likeness (QED) is 0.418. The molecule has 21 heavy (non-hydrogen) atoms. The van der Waals surface area contributed by atoms with E-state index in [4.69, 9.17) is 19.3 Å². The van der Waals surface area contributed by atoms with E-state index in [-0.39, 0.29) is 31.0 Å². The number of aliphatic hydroxyl groups excluding tert-OH is 1. The maximum Gasteiger partial charge on any atom is 0.191 e. The highest BCUT2D eigenvalue weighted by atomic mass is 16.7. The van der Waals surface area contributed by atoms with Crippen LogP contribution in [-0.4, -0.2) is 43.6 Å². The number of carbonyl (C=O) groups is 1. The van der Waals surface area contributed by atoms with Crippen LogP contribution >= 0.6 is 0 Å². The van der Waals surface area contributed by atoms with Crippen LogP contribution in [0.1, 0.15) is 46.5 Å². The minimum Gasteiger partial charge on any atom is -0.493 e. The van der Waals surface area contributed by atoms with Gasteiger partial charge in [-0.15, -0.1) is 0 Å². The highest BCUT2D eigenvalue weighted by Gasteiger charge is 2.15. The van der Waals surface area contributed by atoms with E-state index in [1.54, 1.807) is 0 Å². The molecule has 1 N–H and O–H groups in total. The molecule has 0 aromatic rings. The lowest BCUT2D eigenvalue weighted by atomic mass is 10.0. The lowest BCUT2D eigenvalue weighted by molar-refractivity contribution is -0.184. The molecular formula is C16H30O5. The number of hydrogen-bond donors (Lipinski definition) is 1. The summed E-state index contributed by atoms with van der Waals surface area (Å²) in [6.07, 6.45) is 1.85. The van der Waals surface area contributed by atoms with Crippen LogP contribution in [0.2, 0.25) is 0 Å². The first kappa shape index (κ1) is 20.1. The third-order valence-corrected chi connectivity index (χ3v) is 3.21. The summed E-state index contributed by atoms with van der Waals surface area (Å²) in [6, 6.07) is 0. The highest BCUT2D eigenvalue weighted by Crippen LogP contribution is 2.12. The number of Topliss-reactive ketones (excluding diaryl/α,β-unsaturated/α-hetero) is 1. The van der Waals surface area contributed by atoms with Gasteiger partial charge < -0.3 is 19.3 Å². The number of hydrogen-bond acceptors (Lipinski definition) is 5. The second-order valence-corrected chi connectivity index (χ2v) is 5.34. The van der Waals surface area contributed by atoms with Gasteiger partial charge in [0.05, 0.1) is 18.5 Å². The molecule has 5 heteroatoms. The van der Waals surface area contributed by atoms with Crippen molar-refractivity contribution in [2.24, 2.45) is 5.92 Å². The number of carbonyl (C=O) groups excluding carboxylic acids is 1. The van der Waals surface area contributed by atoms with E-state index in [9.17, 15) is 4.79 Å². The summed E-state index contributed by atoms with van der Waals surface area (Å²) in [5.41, 5.74) is 0. The molecule has 0 fully saturated rings. The molecule has 0 saturated heterocycles. The minimum absolute atomic E-state index is 0.0470. The van der Waals surface area contributed by atoms with Gasteiger partial charge in [-0.25, -0.2) is 0 Å². The molecule has 2 unspecified atom stereocenters. The van der Waals surface area contributed by atoms with Crippen LogP contribution in [0.15, 0.2) is 12.3 Å². The SMILES string of the molecule is C=C(CCCC(=O)C(C)C)OCC(OC)OC(CC)CO. The molecule has 0 spiro atoms. The van der Waals surface area contributed by atoms with Crippen molar-refractivity contribution in [3.8, 4) is 0 Å². The summed E-state index contributed by atoms with van der Waals surface area (Å²) in [5, 5.41) is 9.09. The van der Waals surface area contributed by atoms with Crippen molar-refractivity contribution in [1.82, 2.24) is 0 Å². The smallest absolute Gasteiger partial charge is 0.191 e. The summed E-state index contributed by atoms with van der Waals surface area (Å²) in [6.45, 7) is 9.74. The van der Waals surface area contributed by atoms with Crippen molar-refractivity contribution >= 4 is 5.78 Å². The van der Waals surface area contributed by atoms with Crippen molar-refractivity contribution in [1.29, 1.82) is 0 Å². The first-order valence-corrected chi connectivity index (χ1v) is 7.56. The van der Waals surface area contributed by atoms with Crippen molar-refractivity contribution in [3.05, 3.63) is 12.3 Å². The van der Waals surface area contributed by atoms with Crippen molar-refractivity contribution in [2.75, 3.05) is 20.3 Å². The fourth-order valence-corrected chi connectivity index (χ4v) is 1.65. The van der Waals surface area contributed by atoms with Crippen LogP contribution in [0.5, 0.6) is 0 Å². The van der Waals surface area contributed by atoms with Crippen molar-refractivity contribution < 1.29 is 24.1 Å². The van der Waals surface area contributed by atoms with Crippen molar-refractivity contribution in [2.45, 2.75) is 58.8 Å². The normalized spacial score (nSPS) is 14.0. The maximum absolute atomic E-state index is 11.5. The number of methoxy groups -OCH3 is 1. The Hall–Kier alpha value is -0.910. The molecule has 0 aliphatic rings. The van der Waals surface area contributed by atoms with Gasteiger partial charge in [0.25, 0.3) is 0 Å². The third kappa shape index (κ3) is 9.61. The van der Waals surface area contributed by atoms with E-state index < -0.39 is 6.29 Å². The monoisotopic (exact) mass is 302 g/mol. The Morgan fingerprint density at radius 2 is 1.95 bits per heavy atom. The molecule has 0 radical (unpaired) electrons. The van der Waals surface area contributed by atoms with Crippen LogP contribution in [0, 0.1) is 5.92 Å². The zero-order valence-corrected chi connectivity index (χ0v) is 13.8. The largest absolute Gasteiger partial charge is 0.493 e. The van der Waals surface area contributed by atoms with Gasteiger partial charge in [-0.2, -0.15) is 0 Å². The number of aliphatic hydroxyl groups is 1. The molecule has 0 heterocycles. The Bertz CT molecular complexity index is 297. The first-order chi connectivity index (χ1) is 9.94. The molecule has 2 atom stereocenters. The molecule has 5 nitrogen and oxygen atoms in total. The van der Waals surface area contributed by atoms with Crippen LogP contribution in [0.25, 0.3) is 0 Å². The Balaban J connectivity index is 3.91. The predicted molar refractivity (Wildman–Crippen MR) is 81.8 cm³/mol. The number of ether oxygens (including phenoxy) is 3. The zero-order valence-electron chi connectivity index (χ0n) is 13.8. The maximum atomic E-state index is 11.5. The number of ketones is 1. The Morgan fingerprint density at radius 1 is 1.29 bits per heavy atom. The van der Waals surface area contributed by atoms with Crippen LogP contribution in [0.3, 0.4) is 0 Å². The highest BCUT2D eigenvalue weighted by molar-refractivity contribution is 5.80. The molecule has 124 valence electrons. The lowest BCUT2D eigenvalue weighted by Gasteiger charge is -2.22. The second-order valence-electron chi connectivity index (χ2n) is 5.34. The van der Waals surface area contributed by atoms with E-state index in [2.05, 4.69) is 6.58 Å². The van der Waals surface area contributed by atoms with Crippen LogP contribution < -0.4 is 0 Å². The topological polar surface area (TPSA) is 65.0 Å². The number of allylic oxidation sites excluding steroid dienone is 1. The van der Waals surface area contributed by atoms with Gasteiger partial charge in [0.2, 0.25) is 0 Å². The summed E-state index contributed by atoms with van der Waals surface area (Å²) in [7, 11) is 1.53. The third-order valence-electron chi connectivity index (χ3n) is 3.21. The molecule has 0 aliphatic carbocycles. The van der Waals surface area contributed by atoms with E-state index in [0.29, 0.717) is 25.0 Å². The van der Waals surface area contributed by atoms with E-state index in [1.807, 2.05) is 20.8 Å². The lowest BCUT2D eigenvalue weighted by Crippen LogP contribution is -2.29. The molecular weight excluding hydrogens is 272 g/mol. The Labute approximate surface area is 128 Å². The standard InChI is InChI=1S/C16H30O5/c1-6-14(10-17)21-16(19-5)11-20-13(4)8-7-9-15(18)12(2)3/h12,14,16-17H,4,6-11H2,1-3,5H3. The summed E-state index contributed by atoms with van der Waals surface area (Å²) in [4.78, 5) is 11.5. The van der Waals surface area contributed by atoms with Crippen LogP contribution in [0.4, 0.5) is 0 Å². The van der Waals surface area contributed by atoms with Gasteiger partial charge in [-0.1, -0.05) is 27.4 Å².